The lowest BCUT2D eigenvalue weighted by molar-refractivity contribution is 0.306. The van der Waals surface area contributed by atoms with E-state index in [-0.39, 0.29) is 5.56 Å². The molecule has 0 radical (unpaired) electrons. The van der Waals surface area contributed by atoms with Crippen molar-refractivity contribution in [1.82, 2.24) is 9.97 Å². The number of nitrogens with zero attached hydrogens (tertiary/aromatic N) is 1. The maximum absolute atomic E-state index is 12.1. The van der Waals surface area contributed by atoms with Crippen molar-refractivity contribution in [2.24, 2.45) is 0 Å². The second kappa shape index (κ2) is 6.11. The molecule has 0 spiro atoms. The van der Waals surface area contributed by atoms with E-state index in [1.165, 1.54) is 39.2 Å². The van der Waals surface area contributed by atoms with Crippen LogP contribution in [-0.2, 0) is 19.4 Å². The van der Waals surface area contributed by atoms with Gasteiger partial charge in [-0.1, -0.05) is 30.3 Å². The number of H-pyrrole nitrogens is 1. The first-order chi connectivity index (χ1) is 12.8. The molecule has 2 heterocycles. The minimum Gasteiger partial charge on any atom is -0.489 e. The molecular weight excluding hydrogens is 344 g/mol. The van der Waals surface area contributed by atoms with Crippen LogP contribution >= 0.6 is 11.3 Å². The molecule has 0 saturated heterocycles. The first kappa shape index (κ1) is 15.3. The third kappa shape index (κ3) is 2.52. The van der Waals surface area contributed by atoms with E-state index in [2.05, 4.69) is 34.2 Å². The quantitative estimate of drug-likeness (QED) is 0.592. The lowest BCUT2D eigenvalue weighted by Crippen LogP contribution is -2.05. The monoisotopic (exact) mass is 360 g/mol. The first-order valence-corrected chi connectivity index (χ1v) is 9.40. The van der Waals surface area contributed by atoms with Crippen molar-refractivity contribution in [3.05, 3.63) is 81.9 Å². The van der Waals surface area contributed by atoms with Gasteiger partial charge in [0.05, 0.1) is 11.8 Å². The minimum atomic E-state index is -0.0567. The van der Waals surface area contributed by atoms with Crippen molar-refractivity contribution in [2.75, 3.05) is 0 Å². The Labute approximate surface area is 154 Å². The molecule has 0 bridgehead atoms. The van der Waals surface area contributed by atoms with Crippen LogP contribution in [0.25, 0.3) is 20.7 Å². The number of aromatic amines is 1. The van der Waals surface area contributed by atoms with Gasteiger partial charge in [0.25, 0.3) is 5.56 Å². The molecule has 0 aliphatic heterocycles. The van der Waals surface area contributed by atoms with Crippen LogP contribution in [0.4, 0.5) is 0 Å². The topological polar surface area (TPSA) is 55.0 Å². The normalized spacial score (nSPS) is 12.6. The molecule has 0 fully saturated rings. The van der Waals surface area contributed by atoms with Crippen LogP contribution < -0.4 is 10.3 Å². The molecule has 5 rings (SSSR count). The number of aryl methyl sites for hydroxylation is 2. The van der Waals surface area contributed by atoms with Gasteiger partial charge in [-0.2, -0.15) is 0 Å². The van der Waals surface area contributed by atoms with Crippen LogP contribution in [0.2, 0.25) is 0 Å². The molecule has 1 aliphatic carbocycles. The van der Waals surface area contributed by atoms with Crippen molar-refractivity contribution in [1.29, 1.82) is 0 Å². The summed E-state index contributed by atoms with van der Waals surface area (Å²) in [6.07, 6.45) is 3.33. The highest BCUT2D eigenvalue weighted by Gasteiger charge is 2.23. The van der Waals surface area contributed by atoms with E-state index in [4.69, 9.17) is 4.74 Å². The average Bonchev–Trinajstić information content (AvgIpc) is 3.07. The molecule has 0 amide bonds. The second-order valence-corrected chi connectivity index (χ2v) is 7.43. The van der Waals surface area contributed by atoms with Gasteiger partial charge in [0.1, 0.15) is 17.1 Å². The minimum absolute atomic E-state index is 0.0567. The number of rotatable bonds is 3. The number of fused-ring (bicyclic) bond motifs is 5. The van der Waals surface area contributed by atoms with E-state index in [0.29, 0.717) is 6.61 Å². The molecular formula is C21H16N2O2S. The van der Waals surface area contributed by atoms with Gasteiger partial charge >= 0.3 is 0 Å². The van der Waals surface area contributed by atoms with Gasteiger partial charge < -0.3 is 9.72 Å². The molecule has 2 aromatic carbocycles. The van der Waals surface area contributed by atoms with Crippen LogP contribution in [-0.4, -0.2) is 9.97 Å². The number of benzene rings is 2. The number of hydrogen-bond donors (Lipinski definition) is 1. The second-order valence-electron chi connectivity index (χ2n) is 6.41. The fraction of sp³-hybridized carbons (Fsp3) is 0.143. The third-order valence-corrected chi connectivity index (χ3v) is 6.04. The van der Waals surface area contributed by atoms with E-state index >= 15 is 0 Å². The molecule has 26 heavy (non-hydrogen) atoms. The fourth-order valence-corrected chi connectivity index (χ4v) is 4.77. The Morgan fingerprint density at radius 1 is 1.12 bits per heavy atom. The Bertz CT molecular complexity index is 1160. The zero-order chi connectivity index (χ0) is 17.5. The molecule has 4 aromatic rings. The van der Waals surface area contributed by atoms with Gasteiger partial charge in [-0.25, -0.2) is 4.98 Å². The Morgan fingerprint density at radius 2 is 2.00 bits per heavy atom. The number of hydrogen-bond acceptors (Lipinski definition) is 4. The van der Waals surface area contributed by atoms with Gasteiger partial charge in [0.2, 0.25) is 0 Å². The lowest BCUT2D eigenvalue weighted by atomic mass is 9.91. The summed E-state index contributed by atoms with van der Waals surface area (Å²) in [7, 11) is 0. The van der Waals surface area contributed by atoms with Crippen LogP contribution in [0, 0.1) is 0 Å². The summed E-state index contributed by atoms with van der Waals surface area (Å²) < 4.78 is 6.68. The number of aromatic nitrogens is 2. The van der Waals surface area contributed by atoms with Crippen molar-refractivity contribution < 1.29 is 4.74 Å². The molecule has 4 nitrogen and oxygen atoms in total. The molecule has 0 unspecified atom stereocenters. The predicted molar refractivity (Wildman–Crippen MR) is 104 cm³/mol. The zero-order valence-electron chi connectivity index (χ0n) is 14.0. The predicted octanol–water partition coefficient (Wildman–Crippen LogP) is 4.33. The largest absolute Gasteiger partial charge is 0.489 e. The third-order valence-electron chi connectivity index (χ3n) is 4.79. The highest BCUT2D eigenvalue weighted by molar-refractivity contribution is 7.22. The highest BCUT2D eigenvalue weighted by Crippen LogP contribution is 2.42. The van der Waals surface area contributed by atoms with Crippen LogP contribution in [0.1, 0.15) is 16.7 Å². The molecule has 128 valence electrons. The van der Waals surface area contributed by atoms with Gasteiger partial charge in [-0.05, 0) is 53.3 Å². The molecule has 2 aromatic heterocycles. The summed E-state index contributed by atoms with van der Waals surface area (Å²) in [6.45, 7) is 0.563. The summed E-state index contributed by atoms with van der Waals surface area (Å²) in [6, 6.07) is 16.4. The molecule has 1 aliphatic rings. The van der Waals surface area contributed by atoms with Crippen molar-refractivity contribution >= 4 is 21.6 Å². The van der Waals surface area contributed by atoms with Crippen LogP contribution in [0.5, 0.6) is 5.75 Å². The van der Waals surface area contributed by atoms with Crippen molar-refractivity contribution in [3.8, 4) is 16.2 Å². The molecule has 0 atom stereocenters. The van der Waals surface area contributed by atoms with Crippen molar-refractivity contribution in [3.63, 3.8) is 0 Å². The number of thiophene rings is 1. The maximum Gasteiger partial charge on any atom is 0.268 e. The summed E-state index contributed by atoms with van der Waals surface area (Å²) in [5.41, 5.74) is 5.61. The van der Waals surface area contributed by atoms with E-state index in [1.54, 1.807) is 0 Å². The average molecular weight is 360 g/mol. The number of nitrogens with one attached hydrogen (secondary N) is 1. The van der Waals surface area contributed by atoms with E-state index in [0.717, 1.165) is 34.4 Å². The van der Waals surface area contributed by atoms with E-state index in [1.807, 2.05) is 24.3 Å². The fourth-order valence-electron chi connectivity index (χ4n) is 3.51. The Kier molecular flexibility index (Phi) is 3.60. The Morgan fingerprint density at radius 3 is 2.88 bits per heavy atom. The van der Waals surface area contributed by atoms with Crippen molar-refractivity contribution in [2.45, 2.75) is 19.4 Å². The van der Waals surface area contributed by atoms with E-state index < -0.39 is 0 Å². The summed E-state index contributed by atoms with van der Waals surface area (Å²) in [5.74, 6) is 0.883. The number of ether oxygens (including phenoxy) is 1. The summed E-state index contributed by atoms with van der Waals surface area (Å²) >= 11 is 1.54. The van der Waals surface area contributed by atoms with E-state index in [9.17, 15) is 4.79 Å². The summed E-state index contributed by atoms with van der Waals surface area (Å²) in [5, 5.41) is 0. The standard InChI is InChI=1S/C21H16N2O2S/c24-21-20-18(22-12-23-21)17-8-6-14-10-15(7-9-16(14)19(17)26-20)25-11-13-4-2-1-3-5-13/h1-5,7,9-10,12H,6,8,11H2,(H,22,23,24). The van der Waals surface area contributed by atoms with Gasteiger partial charge in [0, 0.05) is 4.88 Å². The van der Waals surface area contributed by atoms with Gasteiger partial charge in [-0.15, -0.1) is 11.3 Å². The Balaban J connectivity index is 1.50. The SMILES string of the molecule is O=c1[nH]cnc2c3c(sc12)-c1ccc(OCc2ccccc2)cc1CC3. The maximum atomic E-state index is 12.1. The highest BCUT2D eigenvalue weighted by atomic mass is 32.1. The van der Waals surface area contributed by atoms with Crippen LogP contribution in [0.15, 0.2) is 59.7 Å². The molecule has 1 N–H and O–H groups in total. The molecule has 0 saturated carbocycles. The van der Waals surface area contributed by atoms with Gasteiger partial charge in [0.15, 0.2) is 0 Å². The smallest absolute Gasteiger partial charge is 0.268 e. The lowest BCUT2D eigenvalue weighted by Gasteiger charge is -2.17. The zero-order valence-corrected chi connectivity index (χ0v) is 14.8. The summed E-state index contributed by atoms with van der Waals surface area (Å²) in [4.78, 5) is 20.3. The van der Waals surface area contributed by atoms with Crippen LogP contribution in [0.3, 0.4) is 0 Å². The first-order valence-electron chi connectivity index (χ1n) is 8.59. The molecule has 5 heteroatoms. The Hall–Kier alpha value is -2.92. The van der Waals surface area contributed by atoms with Gasteiger partial charge in [-0.3, -0.25) is 4.79 Å².